The summed E-state index contributed by atoms with van der Waals surface area (Å²) in [6, 6.07) is 5.22. The van der Waals surface area contributed by atoms with Gasteiger partial charge in [-0.3, -0.25) is 10.3 Å². The molecule has 3 N–H and O–H groups in total. The summed E-state index contributed by atoms with van der Waals surface area (Å²) in [4.78, 5) is 2.21. The van der Waals surface area contributed by atoms with Gasteiger partial charge in [0.1, 0.15) is 11.7 Å². The molecule has 0 spiro atoms. The lowest BCUT2D eigenvalue weighted by Gasteiger charge is -2.16. The van der Waals surface area contributed by atoms with Crippen molar-refractivity contribution in [2.75, 3.05) is 7.05 Å². The van der Waals surface area contributed by atoms with Gasteiger partial charge in [-0.25, -0.2) is 4.39 Å². The highest BCUT2D eigenvalue weighted by Gasteiger charge is 2.25. The summed E-state index contributed by atoms with van der Waals surface area (Å²) in [5.74, 6) is -0.415. The van der Waals surface area contributed by atoms with Crippen LogP contribution in [0.4, 0.5) is 4.39 Å². The Kier molecular flexibility index (Phi) is 2.92. The third-order valence-corrected chi connectivity index (χ3v) is 2.87. The van der Waals surface area contributed by atoms with Crippen LogP contribution in [0.3, 0.4) is 0 Å². The number of rotatable bonds is 4. The SMILES string of the molecule is CN(Cc1cc(F)cc(C(=N)N)c1)C1CC1. The van der Waals surface area contributed by atoms with Crippen LogP contribution in [0.25, 0.3) is 0 Å². The van der Waals surface area contributed by atoms with Crippen LogP contribution in [0.5, 0.6) is 0 Å². The van der Waals surface area contributed by atoms with Crippen LogP contribution in [0.15, 0.2) is 18.2 Å². The second kappa shape index (κ2) is 4.22. The van der Waals surface area contributed by atoms with E-state index < -0.39 is 0 Å². The number of hydrogen-bond acceptors (Lipinski definition) is 2. The number of halogens is 1. The average molecular weight is 221 g/mol. The zero-order valence-corrected chi connectivity index (χ0v) is 9.33. The van der Waals surface area contributed by atoms with Crippen molar-refractivity contribution in [3.05, 3.63) is 35.1 Å². The standard InChI is InChI=1S/C12H16FN3/c1-16(11-2-3-11)7-8-4-9(12(14)15)6-10(13)5-8/h4-6,11H,2-3,7H2,1H3,(H3,14,15). The van der Waals surface area contributed by atoms with Crippen molar-refractivity contribution >= 4 is 5.84 Å². The van der Waals surface area contributed by atoms with E-state index >= 15 is 0 Å². The summed E-state index contributed by atoms with van der Waals surface area (Å²) in [7, 11) is 2.04. The zero-order chi connectivity index (χ0) is 11.7. The van der Waals surface area contributed by atoms with Gasteiger partial charge in [-0.05, 0) is 43.7 Å². The van der Waals surface area contributed by atoms with Gasteiger partial charge in [0.25, 0.3) is 0 Å². The van der Waals surface area contributed by atoms with Crippen molar-refractivity contribution in [1.29, 1.82) is 5.41 Å². The van der Waals surface area contributed by atoms with E-state index in [1.807, 2.05) is 7.05 Å². The number of nitrogen functional groups attached to an aromatic ring is 1. The largest absolute Gasteiger partial charge is 0.384 e. The van der Waals surface area contributed by atoms with Crippen LogP contribution in [-0.2, 0) is 6.54 Å². The minimum atomic E-state index is -0.327. The molecule has 0 heterocycles. The molecule has 2 rings (SSSR count). The van der Waals surface area contributed by atoms with Crippen molar-refractivity contribution in [2.45, 2.75) is 25.4 Å². The van der Waals surface area contributed by atoms with Gasteiger partial charge in [0.2, 0.25) is 0 Å². The van der Waals surface area contributed by atoms with E-state index in [-0.39, 0.29) is 11.7 Å². The number of amidine groups is 1. The molecule has 0 aliphatic heterocycles. The van der Waals surface area contributed by atoms with E-state index in [1.54, 1.807) is 6.07 Å². The molecule has 0 saturated heterocycles. The molecule has 16 heavy (non-hydrogen) atoms. The van der Waals surface area contributed by atoms with Gasteiger partial charge < -0.3 is 5.73 Å². The van der Waals surface area contributed by atoms with Crippen molar-refractivity contribution in [2.24, 2.45) is 5.73 Å². The summed E-state index contributed by atoms with van der Waals surface area (Å²) >= 11 is 0. The summed E-state index contributed by atoms with van der Waals surface area (Å²) in [5.41, 5.74) is 6.69. The molecule has 0 aromatic heterocycles. The normalized spacial score (nSPS) is 15.4. The van der Waals surface area contributed by atoms with E-state index in [0.29, 0.717) is 18.2 Å². The molecular formula is C12H16FN3. The molecular weight excluding hydrogens is 205 g/mol. The lowest BCUT2D eigenvalue weighted by molar-refractivity contribution is 0.316. The first-order valence-corrected chi connectivity index (χ1v) is 5.40. The zero-order valence-electron chi connectivity index (χ0n) is 9.33. The fraction of sp³-hybridized carbons (Fsp3) is 0.417. The van der Waals surface area contributed by atoms with Gasteiger partial charge in [0, 0.05) is 18.2 Å². The maximum Gasteiger partial charge on any atom is 0.124 e. The fourth-order valence-electron chi connectivity index (χ4n) is 1.83. The van der Waals surface area contributed by atoms with Crippen LogP contribution in [-0.4, -0.2) is 23.8 Å². The van der Waals surface area contributed by atoms with Crippen LogP contribution >= 0.6 is 0 Å². The predicted octanol–water partition coefficient (Wildman–Crippen LogP) is 1.70. The minimum Gasteiger partial charge on any atom is -0.384 e. The molecule has 0 unspecified atom stereocenters. The molecule has 3 nitrogen and oxygen atoms in total. The molecule has 1 aromatic rings. The summed E-state index contributed by atoms with van der Waals surface area (Å²) in [6.07, 6.45) is 2.46. The Morgan fingerprint density at radius 1 is 1.50 bits per heavy atom. The predicted molar refractivity (Wildman–Crippen MR) is 61.9 cm³/mol. The van der Waals surface area contributed by atoms with Crippen LogP contribution in [0, 0.1) is 11.2 Å². The molecule has 0 atom stereocenters. The highest BCUT2D eigenvalue weighted by atomic mass is 19.1. The molecule has 1 aliphatic carbocycles. The van der Waals surface area contributed by atoms with Crippen molar-refractivity contribution in [3.8, 4) is 0 Å². The Morgan fingerprint density at radius 3 is 2.75 bits per heavy atom. The van der Waals surface area contributed by atoms with Crippen molar-refractivity contribution in [1.82, 2.24) is 4.90 Å². The first-order valence-electron chi connectivity index (χ1n) is 5.40. The second-order valence-corrected chi connectivity index (χ2v) is 4.41. The summed E-state index contributed by atoms with van der Waals surface area (Å²) < 4.78 is 13.3. The lowest BCUT2D eigenvalue weighted by atomic mass is 10.1. The van der Waals surface area contributed by atoms with Gasteiger partial charge >= 0.3 is 0 Å². The second-order valence-electron chi connectivity index (χ2n) is 4.41. The van der Waals surface area contributed by atoms with Crippen molar-refractivity contribution < 1.29 is 4.39 Å². The molecule has 86 valence electrons. The quantitative estimate of drug-likeness (QED) is 0.600. The maximum atomic E-state index is 13.3. The summed E-state index contributed by atoms with van der Waals surface area (Å²) in [5, 5.41) is 7.31. The van der Waals surface area contributed by atoms with E-state index in [2.05, 4.69) is 4.90 Å². The first kappa shape index (κ1) is 11.1. The smallest absolute Gasteiger partial charge is 0.124 e. The van der Waals surface area contributed by atoms with Gasteiger partial charge in [-0.1, -0.05) is 0 Å². The fourth-order valence-corrected chi connectivity index (χ4v) is 1.83. The van der Waals surface area contributed by atoms with Crippen LogP contribution < -0.4 is 5.73 Å². The minimum absolute atomic E-state index is 0.0881. The molecule has 1 aromatic carbocycles. The lowest BCUT2D eigenvalue weighted by Crippen LogP contribution is -2.20. The van der Waals surface area contributed by atoms with Crippen molar-refractivity contribution in [3.63, 3.8) is 0 Å². The molecule has 0 amide bonds. The van der Waals surface area contributed by atoms with E-state index in [0.717, 1.165) is 5.56 Å². The Bertz CT molecular complexity index is 413. The third-order valence-electron chi connectivity index (χ3n) is 2.87. The Labute approximate surface area is 94.6 Å². The van der Waals surface area contributed by atoms with Gasteiger partial charge in [-0.15, -0.1) is 0 Å². The third kappa shape index (κ3) is 2.58. The number of nitrogens with one attached hydrogen (secondary N) is 1. The average Bonchev–Trinajstić information content (AvgIpc) is 2.99. The topological polar surface area (TPSA) is 53.1 Å². The van der Waals surface area contributed by atoms with E-state index in [1.165, 1.54) is 25.0 Å². The number of nitrogens with zero attached hydrogens (tertiary/aromatic N) is 1. The monoisotopic (exact) mass is 221 g/mol. The molecule has 1 fully saturated rings. The van der Waals surface area contributed by atoms with Gasteiger partial charge in [0.15, 0.2) is 0 Å². The van der Waals surface area contributed by atoms with E-state index in [4.69, 9.17) is 11.1 Å². The number of hydrogen-bond donors (Lipinski definition) is 2. The summed E-state index contributed by atoms with van der Waals surface area (Å²) in [6.45, 7) is 0.711. The first-order chi connectivity index (χ1) is 7.56. The van der Waals surface area contributed by atoms with Gasteiger partial charge in [-0.2, -0.15) is 0 Å². The van der Waals surface area contributed by atoms with E-state index in [9.17, 15) is 4.39 Å². The Hall–Kier alpha value is -1.42. The van der Waals surface area contributed by atoms with Crippen LogP contribution in [0.1, 0.15) is 24.0 Å². The number of benzene rings is 1. The van der Waals surface area contributed by atoms with Gasteiger partial charge in [0.05, 0.1) is 0 Å². The molecule has 1 saturated carbocycles. The van der Waals surface area contributed by atoms with Crippen LogP contribution in [0.2, 0.25) is 0 Å². The molecule has 1 aliphatic rings. The number of nitrogens with two attached hydrogens (primary N) is 1. The molecule has 0 bridgehead atoms. The Morgan fingerprint density at radius 2 is 2.19 bits per heavy atom. The molecule has 0 radical (unpaired) electrons. The highest BCUT2D eigenvalue weighted by Crippen LogP contribution is 2.26. The molecule has 4 heteroatoms. The highest BCUT2D eigenvalue weighted by molar-refractivity contribution is 5.95. The Balaban J connectivity index is 2.16. The maximum absolute atomic E-state index is 13.3.